The van der Waals surface area contributed by atoms with Crippen LogP contribution < -0.4 is 5.32 Å². The molecule has 0 unspecified atom stereocenters. The summed E-state index contributed by atoms with van der Waals surface area (Å²) in [7, 11) is 0. The Morgan fingerprint density at radius 3 is 2.50 bits per heavy atom. The van der Waals surface area contributed by atoms with Crippen LogP contribution in [0.3, 0.4) is 0 Å². The SMILES string of the molecule is C#CC(C)(C)NC1COC1. The average Bonchev–Trinajstić information content (AvgIpc) is 1.80. The molecule has 1 aliphatic heterocycles. The maximum atomic E-state index is 5.28. The van der Waals surface area contributed by atoms with Crippen molar-refractivity contribution in [1.29, 1.82) is 0 Å². The van der Waals surface area contributed by atoms with E-state index in [1.807, 2.05) is 13.8 Å². The van der Waals surface area contributed by atoms with E-state index in [2.05, 4.69) is 11.2 Å². The smallest absolute Gasteiger partial charge is 0.0744 e. The van der Waals surface area contributed by atoms with Crippen molar-refractivity contribution in [2.75, 3.05) is 13.2 Å². The van der Waals surface area contributed by atoms with Gasteiger partial charge in [-0.1, -0.05) is 5.92 Å². The normalized spacial score (nSPS) is 19.7. The summed E-state index contributed by atoms with van der Waals surface area (Å²) in [5, 5.41) is 3.28. The molecule has 2 nitrogen and oxygen atoms in total. The number of ether oxygens (including phenoxy) is 1. The summed E-state index contributed by atoms with van der Waals surface area (Å²) in [4.78, 5) is 0. The van der Waals surface area contributed by atoms with Gasteiger partial charge in [0.1, 0.15) is 0 Å². The van der Waals surface area contributed by atoms with Gasteiger partial charge in [0.05, 0.1) is 24.8 Å². The molecule has 0 bridgehead atoms. The minimum Gasteiger partial charge on any atom is -0.378 e. The molecule has 0 atom stereocenters. The Morgan fingerprint density at radius 1 is 1.60 bits per heavy atom. The Balaban J connectivity index is 2.30. The maximum absolute atomic E-state index is 5.28. The third-order valence-electron chi connectivity index (χ3n) is 1.56. The molecule has 0 radical (unpaired) electrons. The van der Waals surface area contributed by atoms with E-state index in [4.69, 9.17) is 11.2 Å². The molecule has 0 aromatic carbocycles. The Morgan fingerprint density at radius 2 is 2.20 bits per heavy atom. The van der Waals surface area contributed by atoms with Crippen molar-refractivity contribution in [3.05, 3.63) is 0 Å². The first-order valence-corrected chi connectivity index (χ1v) is 3.47. The first-order valence-electron chi connectivity index (χ1n) is 3.47. The quantitative estimate of drug-likeness (QED) is 0.559. The van der Waals surface area contributed by atoms with Gasteiger partial charge >= 0.3 is 0 Å². The highest BCUT2D eigenvalue weighted by molar-refractivity contribution is 5.08. The number of hydrogen-bond donors (Lipinski definition) is 1. The molecule has 1 saturated heterocycles. The van der Waals surface area contributed by atoms with Crippen molar-refractivity contribution in [2.24, 2.45) is 0 Å². The van der Waals surface area contributed by atoms with E-state index in [1.54, 1.807) is 0 Å². The van der Waals surface area contributed by atoms with Crippen molar-refractivity contribution in [1.82, 2.24) is 5.32 Å². The Bertz CT molecular complexity index is 153. The van der Waals surface area contributed by atoms with Crippen molar-refractivity contribution >= 4 is 0 Å². The number of hydrogen-bond acceptors (Lipinski definition) is 2. The van der Waals surface area contributed by atoms with Crippen molar-refractivity contribution < 1.29 is 4.74 Å². The third-order valence-corrected chi connectivity index (χ3v) is 1.56. The van der Waals surface area contributed by atoms with E-state index in [0.717, 1.165) is 13.2 Å². The summed E-state index contributed by atoms with van der Waals surface area (Å²) in [5.74, 6) is 2.67. The standard InChI is InChI=1S/C8H13NO/c1-4-8(2,3)9-7-5-10-6-7/h1,7,9H,5-6H2,2-3H3. The minimum atomic E-state index is -0.186. The predicted octanol–water partition coefficient (Wildman–Crippen LogP) is 0.387. The topological polar surface area (TPSA) is 21.3 Å². The van der Waals surface area contributed by atoms with Crippen LogP contribution in [-0.2, 0) is 4.74 Å². The lowest BCUT2D eigenvalue weighted by atomic mass is 10.0. The molecular weight excluding hydrogens is 126 g/mol. The lowest BCUT2D eigenvalue weighted by Gasteiger charge is -2.33. The fraction of sp³-hybridized carbons (Fsp3) is 0.750. The van der Waals surface area contributed by atoms with Gasteiger partial charge in [-0.05, 0) is 13.8 Å². The van der Waals surface area contributed by atoms with Crippen LogP contribution in [0.25, 0.3) is 0 Å². The molecule has 1 N–H and O–H groups in total. The van der Waals surface area contributed by atoms with Gasteiger partial charge in [0.2, 0.25) is 0 Å². The summed E-state index contributed by atoms with van der Waals surface area (Å²) in [6.07, 6.45) is 5.28. The van der Waals surface area contributed by atoms with Crippen LogP contribution in [0.4, 0.5) is 0 Å². The van der Waals surface area contributed by atoms with E-state index in [9.17, 15) is 0 Å². The summed E-state index contributed by atoms with van der Waals surface area (Å²) in [6, 6.07) is 0.464. The molecule has 56 valence electrons. The van der Waals surface area contributed by atoms with E-state index in [1.165, 1.54) is 0 Å². The Labute approximate surface area is 62.0 Å². The fourth-order valence-electron chi connectivity index (χ4n) is 0.871. The zero-order valence-electron chi connectivity index (χ0n) is 6.48. The number of nitrogens with one attached hydrogen (secondary N) is 1. The van der Waals surface area contributed by atoms with Crippen LogP contribution in [0.1, 0.15) is 13.8 Å². The van der Waals surface area contributed by atoms with Crippen LogP contribution in [0.2, 0.25) is 0 Å². The van der Waals surface area contributed by atoms with Crippen LogP contribution in [0.5, 0.6) is 0 Å². The zero-order chi connectivity index (χ0) is 7.61. The molecule has 10 heavy (non-hydrogen) atoms. The van der Waals surface area contributed by atoms with E-state index < -0.39 is 0 Å². The van der Waals surface area contributed by atoms with Crippen molar-refractivity contribution in [3.8, 4) is 12.3 Å². The van der Waals surface area contributed by atoms with E-state index >= 15 is 0 Å². The minimum absolute atomic E-state index is 0.186. The van der Waals surface area contributed by atoms with E-state index in [-0.39, 0.29) is 5.54 Å². The Kier molecular flexibility index (Phi) is 1.98. The molecule has 0 aliphatic carbocycles. The first kappa shape index (κ1) is 7.59. The number of rotatable bonds is 2. The van der Waals surface area contributed by atoms with Gasteiger partial charge in [-0.3, -0.25) is 5.32 Å². The molecule has 0 spiro atoms. The van der Waals surface area contributed by atoms with Crippen LogP contribution in [-0.4, -0.2) is 24.8 Å². The molecule has 1 heterocycles. The van der Waals surface area contributed by atoms with Gasteiger partial charge in [0, 0.05) is 0 Å². The molecule has 0 amide bonds. The Hall–Kier alpha value is -0.520. The highest BCUT2D eigenvalue weighted by atomic mass is 16.5. The second kappa shape index (κ2) is 2.61. The molecule has 0 aromatic heterocycles. The fourth-order valence-corrected chi connectivity index (χ4v) is 0.871. The average molecular weight is 139 g/mol. The van der Waals surface area contributed by atoms with Gasteiger partial charge in [-0.15, -0.1) is 6.42 Å². The molecular formula is C8H13NO. The lowest BCUT2D eigenvalue weighted by molar-refractivity contribution is -0.0122. The van der Waals surface area contributed by atoms with Gasteiger partial charge in [-0.25, -0.2) is 0 Å². The summed E-state index contributed by atoms with van der Waals surface area (Å²) >= 11 is 0. The number of terminal acetylenes is 1. The molecule has 1 rings (SSSR count). The van der Waals surface area contributed by atoms with Gasteiger partial charge in [0.15, 0.2) is 0 Å². The first-order chi connectivity index (χ1) is 4.64. The van der Waals surface area contributed by atoms with Crippen LogP contribution in [0.15, 0.2) is 0 Å². The predicted molar refractivity (Wildman–Crippen MR) is 40.7 cm³/mol. The van der Waals surface area contributed by atoms with Gasteiger partial charge in [-0.2, -0.15) is 0 Å². The second-order valence-corrected chi connectivity index (χ2v) is 3.15. The highest BCUT2D eigenvalue weighted by Gasteiger charge is 2.24. The van der Waals surface area contributed by atoms with Crippen molar-refractivity contribution in [2.45, 2.75) is 25.4 Å². The lowest BCUT2D eigenvalue weighted by Crippen LogP contribution is -2.54. The van der Waals surface area contributed by atoms with Crippen LogP contribution in [0, 0.1) is 12.3 Å². The van der Waals surface area contributed by atoms with Gasteiger partial charge < -0.3 is 4.74 Å². The maximum Gasteiger partial charge on any atom is 0.0744 e. The third kappa shape index (κ3) is 1.73. The summed E-state index contributed by atoms with van der Waals surface area (Å²) in [5.41, 5.74) is -0.186. The van der Waals surface area contributed by atoms with Gasteiger partial charge in [0.25, 0.3) is 0 Å². The second-order valence-electron chi connectivity index (χ2n) is 3.15. The molecule has 1 aliphatic rings. The summed E-state index contributed by atoms with van der Waals surface area (Å²) in [6.45, 7) is 5.58. The monoisotopic (exact) mass is 139 g/mol. The zero-order valence-corrected chi connectivity index (χ0v) is 6.48. The van der Waals surface area contributed by atoms with Crippen LogP contribution >= 0.6 is 0 Å². The summed E-state index contributed by atoms with van der Waals surface area (Å²) < 4.78 is 4.99. The van der Waals surface area contributed by atoms with E-state index in [0.29, 0.717) is 6.04 Å². The molecule has 0 aromatic rings. The molecule has 1 fully saturated rings. The highest BCUT2D eigenvalue weighted by Crippen LogP contribution is 2.07. The molecule has 0 saturated carbocycles. The van der Waals surface area contributed by atoms with Crippen molar-refractivity contribution in [3.63, 3.8) is 0 Å². The largest absolute Gasteiger partial charge is 0.378 e. The molecule has 2 heteroatoms.